The van der Waals surface area contributed by atoms with Gasteiger partial charge >= 0.3 is 0 Å². The first-order valence-corrected chi connectivity index (χ1v) is 6.60. The Morgan fingerprint density at radius 2 is 1.78 bits per heavy atom. The molecular weight excluding hydrogens is 294 g/mol. The first-order valence-electron chi connectivity index (χ1n) is 6.60. The molecular formula is C17H11N3O3. The maximum Gasteiger partial charge on any atom is 0.292 e. The highest BCUT2D eigenvalue weighted by molar-refractivity contribution is 5.59. The van der Waals surface area contributed by atoms with Gasteiger partial charge in [0.05, 0.1) is 5.69 Å². The number of ether oxygens (including phenoxy) is 2. The van der Waals surface area contributed by atoms with Crippen molar-refractivity contribution in [3.63, 3.8) is 0 Å². The molecule has 2 rings (SSSR count). The molecule has 0 aliphatic heterocycles. The summed E-state index contributed by atoms with van der Waals surface area (Å²) in [6, 6.07) is 10.3. The normalized spacial score (nSPS) is 9.17. The van der Waals surface area contributed by atoms with Gasteiger partial charge in [0.15, 0.2) is 0 Å². The van der Waals surface area contributed by atoms with Crippen LogP contribution >= 0.6 is 0 Å². The number of hydrogen-bond donors (Lipinski definition) is 0. The number of nitriles is 2. The SMILES string of the molecule is Cc1cc(Cc2ccc(OC#N)cc2)c(OC#N)cc1N=C=O. The smallest absolute Gasteiger partial charge is 0.292 e. The van der Waals surface area contributed by atoms with Gasteiger partial charge in [-0.1, -0.05) is 12.1 Å². The van der Waals surface area contributed by atoms with Crippen LogP contribution in [0, 0.1) is 30.0 Å². The second-order valence-corrected chi connectivity index (χ2v) is 4.66. The Hall–Kier alpha value is -3.60. The van der Waals surface area contributed by atoms with E-state index >= 15 is 0 Å². The maximum atomic E-state index is 10.4. The van der Waals surface area contributed by atoms with Crippen LogP contribution in [-0.2, 0) is 11.2 Å². The van der Waals surface area contributed by atoms with E-state index in [0.717, 1.165) is 16.7 Å². The Labute approximate surface area is 132 Å². The van der Waals surface area contributed by atoms with Crippen LogP contribution in [-0.4, -0.2) is 6.08 Å². The van der Waals surface area contributed by atoms with E-state index in [2.05, 4.69) is 4.99 Å². The molecule has 0 amide bonds. The standard InChI is InChI=1S/C17H11N3O3/c1-12-6-14(17(23-10-19)8-16(12)20-11-21)7-13-2-4-15(5-3-13)22-9-18/h2-6,8H,7H2,1H3. The van der Waals surface area contributed by atoms with Gasteiger partial charge in [-0.25, -0.2) is 4.79 Å². The van der Waals surface area contributed by atoms with Gasteiger partial charge in [0.2, 0.25) is 6.08 Å². The van der Waals surface area contributed by atoms with E-state index in [1.807, 2.05) is 18.2 Å². The summed E-state index contributed by atoms with van der Waals surface area (Å²) in [5.74, 6) is 0.793. The molecule has 2 aromatic carbocycles. The van der Waals surface area contributed by atoms with Gasteiger partial charge in [0, 0.05) is 18.1 Å². The first-order chi connectivity index (χ1) is 11.2. The summed E-state index contributed by atoms with van der Waals surface area (Å²) in [7, 11) is 0. The molecule has 0 N–H and O–H groups in total. The zero-order valence-electron chi connectivity index (χ0n) is 12.2. The van der Waals surface area contributed by atoms with Crippen LogP contribution < -0.4 is 9.47 Å². The van der Waals surface area contributed by atoms with Crippen molar-refractivity contribution in [3.05, 3.63) is 53.1 Å². The number of rotatable bonds is 5. The molecule has 23 heavy (non-hydrogen) atoms. The van der Waals surface area contributed by atoms with Gasteiger partial charge in [-0.05, 0) is 36.2 Å². The predicted octanol–water partition coefficient (Wildman–Crippen LogP) is 3.27. The number of aryl methyl sites for hydroxylation is 1. The minimum atomic E-state index is 0.337. The number of nitrogens with zero attached hydrogens (tertiary/aromatic N) is 3. The van der Waals surface area contributed by atoms with Crippen LogP contribution in [0.2, 0.25) is 0 Å². The molecule has 0 aliphatic carbocycles. The second-order valence-electron chi connectivity index (χ2n) is 4.66. The highest BCUT2D eigenvalue weighted by atomic mass is 16.5. The Kier molecular flexibility index (Phi) is 5.09. The lowest BCUT2D eigenvalue weighted by Crippen LogP contribution is -1.95. The lowest BCUT2D eigenvalue weighted by atomic mass is 10.0. The summed E-state index contributed by atoms with van der Waals surface area (Å²) in [6.07, 6.45) is 5.22. The Morgan fingerprint density at radius 1 is 1.09 bits per heavy atom. The van der Waals surface area contributed by atoms with Crippen molar-refractivity contribution >= 4 is 11.8 Å². The molecule has 0 radical (unpaired) electrons. The van der Waals surface area contributed by atoms with Crippen molar-refractivity contribution in [1.29, 1.82) is 10.5 Å². The lowest BCUT2D eigenvalue weighted by molar-refractivity contribution is 0.501. The van der Waals surface area contributed by atoms with Gasteiger partial charge in [-0.2, -0.15) is 4.99 Å². The highest BCUT2D eigenvalue weighted by Crippen LogP contribution is 2.30. The van der Waals surface area contributed by atoms with E-state index in [9.17, 15) is 4.79 Å². The van der Waals surface area contributed by atoms with E-state index in [1.165, 1.54) is 12.1 Å². The molecule has 0 unspecified atom stereocenters. The van der Waals surface area contributed by atoms with Crippen LogP contribution in [0.3, 0.4) is 0 Å². The number of hydrogen-bond acceptors (Lipinski definition) is 6. The monoisotopic (exact) mass is 305 g/mol. The summed E-state index contributed by atoms with van der Waals surface area (Å²) in [5, 5.41) is 17.2. The third kappa shape index (κ3) is 3.95. The topological polar surface area (TPSA) is 95.5 Å². The maximum absolute atomic E-state index is 10.4. The number of benzene rings is 2. The number of isocyanates is 1. The first kappa shape index (κ1) is 15.8. The van der Waals surface area contributed by atoms with Gasteiger partial charge in [-0.15, -0.1) is 10.5 Å². The Balaban J connectivity index is 2.34. The van der Waals surface area contributed by atoms with Crippen LogP contribution in [0.1, 0.15) is 16.7 Å². The quantitative estimate of drug-likeness (QED) is 0.480. The highest BCUT2D eigenvalue weighted by Gasteiger charge is 2.10. The summed E-state index contributed by atoms with van der Waals surface area (Å²) in [6.45, 7) is 1.81. The van der Waals surface area contributed by atoms with Crippen LogP contribution in [0.5, 0.6) is 11.5 Å². The van der Waals surface area contributed by atoms with E-state index in [0.29, 0.717) is 23.6 Å². The van der Waals surface area contributed by atoms with Crippen molar-refractivity contribution in [2.45, 2.75) is 13.3 Å². The second kappa shape index (κ2) is 7.42. The minimum absolute atomic E-state index is 0.337. The van der Waals surface area contributed by atoms with Gasteiger partial charge in [0.1, 0.15) is 11.5 Å². The van der Waals surface area contributed by atoms with E-state index in [-0.39, 0.29) is 0 Å². The van der Waals surface area contributed by atoms with Crippen LogP contribution in [0.15, 0.2) is 41.4 Å². The largest absolute Gasteiger partial charge is 0.388 e. The summed E-state index contributed by atoms with van der Waals surface area (Å²) in [5.41, 5.74) is 2.91. The average molecular weight is 305 g/mol. The van der Waals surface area contributed by atoms with Gasteiger partial charge in [-0.3, -0.25) is 0 Å². The molecule has 0 fully saturated rings. The lowest BCUT2D eigenvalue weighted by Gasteiger charge is -2.10. The summed E-state index contributed by atoms with van der Waals surface area (Å²) in [4.78, 5) is 14.0. The fourth-order valence-corrected chi connectivity index (χ4v) is 2.14. The molecule has 2 aromatic rings. The van der Waals surface area contributed by atoms with Crippen molar-refractivity contribution in [3.8, 4) is 24.0 Å². The molecule has 112 valence electrons. The predicted molar refractivity (Wildman–Crippen MR) is 80.7 cm³/mol. The minimum Gasteiger partial charge on any atom is -0.388 e. The third-order valence-corrected chi connectivity index (χ3v) is 3.18. The Bertz CT molecular complexity index is 839. The van der Waals surface area contributed by atoms with Crippen molar-refractivity contribution in [2.75, 3.05) is 0 Å². The van der Waals surface area contributed by atoms with Crippen molar-refractivity contribution in [2.24, 2.45) is 4.99 Å². The molecule has 0 heterocycles. The number of carbonyl (C=O) groups excluding carboxylic acids is 1. The van der Waals surface area contributed by atoms with E-state index in [1.54, 1.807) is 31.6 Å². The van der Waals surface area contributed by atoms with Crippen LogP contribution in [0.25, 0.3) is 0 Å². The van der Waals surface area contributed by atoms with Gasteiger partial charge in [0.25, 0.3) is 12.5 Å². The molecule has 6 heteroatoms. The molecule has 0 spiro atoms. The summed E-state index contributed by atoms with van der Waals surface area (Å²) >= 11 is 0. The zero-order valence-corrected chi connectivity index (χ0v) is 12.2. The fraction of sp³-hybridized carbons (Fsp3) is 0.118. The molecule has 0 aliphatic rings. The van der Waals surface area contributed by atoms with Gasteiger partial charge < -0.3 is 9.47 Å². The molecule has 0 saturated heterocycles. The zero-order chi connectivity index (χ0) is 16.7. The molecule has 0 aromatic heterocycles. The molecule has 0 atom stereocenters. The average Bonchev–Trinajstić information content (AvgIpc) is 2.54. The third-order valence-electron chi connectivity index (χ3n) is 3.18. The van der Waals surface area contributed by atoms with E-state index in [4.69, 9.17) is 20.0 Å². The van der Waals surface area contributed by atoms with Crippen molar-refractivity contribution in [1.82, 2.24) is 0 Å². The Morgan fingerprint density at radius 3 is 2.39 bits per heavy atom. The van der Waals surface area contributed by atoms with E-state index < -0.39 is 0 Å². The van der Waals surface area contributed by atoms with Crippen LogP contribution in [0.4, 0.5) is 5.69 Å². The molecule has 0 saturated carbocycles. The fourth-order valence-electron chi connectivity index (χ4n) is 2.14. The van der Waals surface area contributed by atoms with Crippen molar-refractivity contribution < 1.29 is 14.3 Å². The molecule has 0 bridgehead atoms. The molecule has 6 nitrogen and oxygen atoms in total. The number of aliphatic imine (C=N–C) groups is 1. The summed E-state index contributed by atoms with van der Waals surface area (Å²) < 4.78 is 9.69.